The van der Waals surface area contributed by atoms with Gasteiger partial charge in [-0.15, -0.1) is 0 Å². The second-order valence-electron chi connectivity index (χ2n) is 5.24. The van der Waals surface area contributed by atoms with Crippen LogP contribution in [-0.2, 0) is 0 Å². The van der Waals surface area contributed by atoms with Crippen LogP contribution >= 0.6 is 0 Å². The van der Waals surface area contributed by atoms with Crippen LogP contribution in [0.3, 0.4) is 0 Å². The number of rotatable bonds is 3. The number of piperidine rings is 1. The van der Waals surface area contributed by atoms with E-state index >= 15 is 0 Å². The molecule has 3 heteroatoms. The topological polar surface area (TPSA) is 23.5 Å². The van der Waals surface area contributed by atoms with Crippen molar-refractivity contribution < 1.29 is 9.50 Å². The normalized spacial score (nSPS) is 22.0. The standard InChI is InChI=1S/C15H22FNO/c1-3-12-5-4-8-17(10-12)15-7-6-13(16)9-14(15)11(2)18/h6-7,9,11-12,18H,3-5,8,10H2,1-2H3. The minimum absolute atomic E-state index is 0.279. The second kappa shape index (κ2) is 5.70. The van der Waals surface area contributed by atoms with Gasteiger partial charge in [0.15, 0.2) is 0 Å². The smallest absolute Gasteiger partial charge is 0.123 e. The van der Waals surface area contributed by atoms with E-state index in [0.29, 0.717) is 11.5 Å². The van der Waals surface area contributed by atoms with Crippen LogP contribution in [-0.4, -0.2) is 18.2 Å². The van der Waals surface area contributed by atoms with Crippen molar-refractivity contribution in [2.24, 2.45) is 5.92 Å². The molecule has 0 radical (unpaired) electrons. The fourth-order valence-corrected chi connectivity index (χ4v) is 2.77. The Morgan fingerprint density at radius 3 is 2.94 bits per heavy atom. The number of halogens is 1. The first-order valence-corrected chi connectivity index (χ1v) is 6.84. The number of nitrogens with zero attached hydrogens (tertiary/aromatic N) is 1. The molecule has 1 aliphatic rings. The SMILES string of the molecule is CCC1CCCN(c2ccc(F)cc2C(C)O)C1. The van der Waals surface area contributed by atoms with Crippen molar-refractivity contribution in [2.45, 2.75) is 39.2 Å². The third kappa shape index (κ3) is 2.83. The molecule has 1 saturated heterocycles. The van der Waals surface area contributed by atoms with E-state index in [1.807, 2.05) is 0 Å². The Balaban J connectivity index is 2.26. The average Bonchev–Trinajstić information content (AvgIpc) is 2.38. The molecule has 2 rings (SSSR count). The molecule has 0 bridgehead atoms. The lowest BCUT2D eigenvalue weighted by Crippen LogP contribution is -2.35. The number of aliphatic hydroxyl groups excluding tert-OH is 1. The summed E-state index contributed by atoms with van der Waals surface area (Å²) in [6.45, 7) is 5.93. The predicted molar refractivity (Wildman–Crippen MR) is 72.3 cm³/mol. The van der Waals surface area contributed by atoms with Gasteiger partial charge >= 0.3 is 0 Å². The third-order valence-corrected chi connectivity index (χ3v) is 3.88. The summed E-state index contributed by atoms with van der Waals surface area (Å²) in [7, 11) is 0. The van der Waals surface area contributed by atoms with Crippen molar-refractivity contribution in [3.63, 3.8) is 0 Å². The maximum atomic E-state index is 13.3. The van der Waals surface area contributed by atoms with Gasteiger partial charge in [-0.2, -0.15) is 0 Å². The molecule has 1 aromatic rings. The summed E-state index contributed by atoms with van der Waals surface area (Å²) in [5, 5.41) is 9.79. The van der Waals surface area contributed by atoms with Gasteiger partial charge < -0.3 is 10.0 Å². The largest absolute Gasteiger partial charge is 0.389 e. The Hall–Kier alpha value is -1.09. The van der Waals surface area contributed by atoms with Gasteiger partial charge in [0, 0.05) is 24.3 Å². The lowest BCUT2D eigenvalue weighted by atomic mass is 9.94. The van der Waals surface area contributed by atoms with E-state index in [0.717, 1.165) is 18.8 Å². The summed E-state index contributed by atoms with van der Waals surface area (Å²) in [6, 6.07) is 4.74. The van der Waals surface area contributed by atoms with E-state index in [4.69, 9.17) is 0 Å². The van der Waals surface area contributed by atoms with Gasteiger partial charge in [0.2, 0.25) is 0 Å². The van der Waals surface area contributed by atoms with Crippen LogP contribution in [0.5, 0.6) is 0 Å². The summed E-state index contributed by atoms with van der Waals surface area (Å²) in [4.78, 5) is 2.29. The van der Waals surface area contributed by atoms with Gasteiger partial charge in [0.1, 0.15) is 5.82 Å². The number of hydrogen-bond acceptors (Lipinski definition) is 2. The molecule has 0 saturated carbocycles. The molecule has 1 aliphatic heterocycles. The molecule has 0 amide bonds. The van der Waals surface area contributed by atoms with E-state index < -0.39 is 6.10 Å². The van der Waals surface area contributed by atoms with E-state index in [2.05, 4.69) is 11.8 Å². The zero-order valence-corrected chi connectivity index (χ0v) is 11.2. The lowest BCUT2D eigenvalue weighted by Gasteiger charge is -2.35. The molecule has 0 spiro atoms. The first kappa shape index (κ1) is 13.3. The Morgan fingerprint density at radius 1 is 1.50 bits per heavy atom. The fourth-order valence-electron chi connectivity index (χ4n) is 2.77. The molecule has 1 N–H and O–H groups in total. The van der Waals surface area contributed by atoms with Crippen LogP contribution in [0.15, 0.2) is 18.2 Å². The van der Waals surface area contributed by atoms with Crippen LogP contribution in [0.1, 0.15) is 44.8 Å². The summed E-state index contributed by atoms with van der Waals surface area (Å²) < 4.78 is 13.3. The van der Waals surface area contributed by atoms with Crippen LogP contribution in [0.2, 0.25) is 0 Å². The van der Waals surface area contributed by atoms with Gasteiger partial charge in [-0.1, -0.05) is 13.3 Å². The van der Waals surface area contributed by atoms with Gasteiger partial charge in [0.05, 0.1) is 6.10 Å². The van der Waals surface area contributed by atoms with Crippen LogP contribution in [0, 0.1) is 11.7 Å². The van der Waals surface area contributed by atoms with Crippen molar-refractivity contribution in [1.29, 1.82) is 0 Å². The molecule has 0 aliphatic carbocycles. The van der Waals surface area contributed by atoms with Crippen molar-refractivity contribution >= 4 is 5.69 Å². The molecule has 2 nitrogen and oxygen atoms in total. The highest BCUT2D eigenvalue weighted by molar-refractivity contribution is 5.55. The third-order valence-electron chi connectivity index (χ3n) is 3.88. The highest BCUT2D eigenvalue weighted by Crippen LogP contribution is 2.31. The first-order chi connectivity index (χ1) is 8.61. The molecule has 2 unspecified atom stereocenters. The Kier molecular flexibility index (Phi) is 4.23. The van der Waals surface area contributed by atoms with Crippen LogP contribution in [0.4, 0.5) is 10.1 Å². The van der Waals surface area contributed by atoms with Gasteiger partial charge in [0.25, 0.3) is 0 Å². The van der Waals surface area contributed by atoms with Crippen molar-refractivity contribution in [1.82, 2.24) is 0 Å². The molecule has 18 heavy (non-hydrogen) atoms. The highest BCUT2D eigenvalue weighted by Gasteiger charge is 2.22. The van der Waals surface area contributed by atoms with Gasteiger partial charge in [-0.25, -0.2) is 4.39 Å². The first-order valence-electron chi connectivity index (χ1n) is 6.84. The highest BCUT2D eigenvalue weighted by atomic mass is 19.1. The summed E-state index contributed by atoms with van der Waals surface area (Å²) in [6.07, 6.45) is 3.01. The molecule has 1 heterocycles. The van der Waals surface area contributed by atoms with Gasteiger partial charge in [-0.3, -0.25) is 0 Å². The van der Waals surface area contributed by atoms with E-state index in [-0.39, 0.29) is 5.82 Å². The zero-order chi connectivity index (χ0) is 13.1. The van der Waals surface area contributed by atoms with Crippen molar-refractivity contribution in [3.8, 4) is 0 Å². The minimum atomic E-state index is -0.627. The van der Waals surface area contributed by atoms with Gasteiger partial charge in [-0.05, 0) is 43.9 Å². The number of aliphatic hydroxyl groups is 1. The molecular weight excluding hydrogens is 229 g/mol. The molecular formula is C15H22FNO. The van der Waals surface area contributed by atoms with Crippen LogP contribution in [0.25, 0.3) is 0 Å². The lowest BCUT2D eigenvalue weighted by molar-refractivity contribution is 0.199. The molecule has 2 atom stereocenters. The zero-order valence-electron chi connectivity index (χ0n) is 11.2. The number of anilines is 1. The van der Waals surface area contributed by atoms with Crippen LogP contribution < -0.4 is 4.90 Å². The average molecular weight is 251 g/mol. The molecule has 1 fully saturated rings. The fraction of sp³-hybridized carbons (Fsp3) is 0.600. The van der Waals surface area contributed by atoms with E-state index in [1.54, 1.807) is 13.0 Å². The molecule has 100 valence electrons. The number of hydrogen-bond donors (Lipinski definition) is 1. The summed E-state index contributed by atoms with van der Waals surface area (Å²) >= 11 is 0. The Labute approximate surface area is 108 Å². The second-order valence-corrected chi connectivity index (χ2v) is 5.24. The Bertz CT molecular complexity index is 405. The number of benzene rings is 1. The monoisotopic (exact) mass is 251 g/mol. The van der Waals surface area contributed by atoms with E-state index in [9.17, 15) is 9.50 Å². The summed E-state index contributed by atoms with van der Waals surface area (Å²) in [5.74, 6) is 0.435. The maximum absolute atomic E-state index is 13.3. The van der Waals surface area contributed by atoms with Crippen molar-refractivity contribution in [2.75, 3.05) is 18.0 Å². The molecule has 0 aromatic heterocycles. The minimum Gasteiger partial charge on any atom is -0.389 e. The predicted octanol–water partition coefficient (Wildman–Crippen LogP) is 3.51. The van der Waals surface area contributed by atoms with Crippen molar-refractivity contribution in [3.05, 3.63) is 29.6 Å². The summed E-state index contributed by atoms with van der Waals surface area (Å²) in [5.41, 5.74) is 1.69. The molecule has 1 aromatic carbocycles. The maximum Gasteiger partial charge on any atom is 0.123 e. The quantitative estimate of drug-likeness (QED) is 0.888. The van der Waals surface area contributed by atoms with E-state index in [1.165, 1.54) is 31.4 Å². The Morgan fingerprint density at radius 2 is 2.28 bits per heavy atom.